The summed E-state index contributed by atoms with van der Waals surface area (Å²) < 4.78 is 1.89. The minimum absolute atomic E-state index is 0.188. The third-order valence-corrected chi connectivity index (χ3v) is 3.38. The minimum atomic E-state index is -0.651. The summed E-state index contributed by atoms with van der Waals surface area (Å²) in [4.78, 5) is 12.2. The largest absolute Gasteiger partial charge is 0.392 e. The van der Waals surface area contributed by atoms with E-state index in [2.05, 4.69) is 5.32 Å². The lowest BCUT2D eigenvalue weighted by Crippen LogP contribution is -2.44. The van der Waals surface area contributed by atoms with Crippen LogP contribution in [-0.2, 0) is 6.54 Å². The molecule has 2 aromatic rings. The van der Waals surface area contributed by atoms with Crippen molar-refractivity contribution in [2.24, 2.45) is 5.73 Å². The number of aromatic nitrogens is 1. The second kappa shape index (κ2) is 7.06. The molecular weight excluding hydrogens is 266 g/mol. The zero-order valence-corrected chi connectivity index (χ0v) is 12.1. The molecule has 1 aromatic heterocycles. The van der Waals surface area contributed by atoms with E-state index in [9.17, 15) is 9.90 Å². The minimum Gasteiger partial charge on any atom is -0.392 e. The maximum absolute atomic E-state index is 12.2. The molecule has 1 heterocycles. The number of aliphatic hydroxyl groups excluding tert-OH is 1. The summed E-state index contributed by atoms with van der Waals surface area (Å²) in [5.41, 5.74) is 7.42. The summed E-state index contributed by atoms with van der Waals surface area (Å²) in [6.07, 6.45) is 1.22. The number of hydrogen-bond donors (Lipinski definition) is 3. The quantitative estimate of drug-likeness (QED) is 0.740. The van der Waals surface area contributed by atoms with Gasteiger partial charge >= 0.3 is 0 Å². The lowest BCUT2D eigenvalue weighted by molar-refractivity contribution is 0.0929. The van der Waals surface area contributed by atoms with Crippen LogP contribution in [0.15, 0.2) is 48.7 Å². The summed E-state index contributed by atoms with van der Waals surface area (Å²) in [5.74, 6) is -0.188. The number of nitrogens with zero attached hydrogens (tertiary/aromatic N) is 1. The second-order valence-corrected chi connectivity index (χ2v) is 5.12. The molecule has 2 rings (SSSR count). The van der Waals surface area contributed by atoms with Crippen molar-refractivity contribution in [2.75, 3.05) is 6.54 Å². The average Bonchev–Trinajstić information content (AvgIpc) is 2.93. The van der Waals surface area contributed by atoms with Crippen LogP contribution in [0.3, 0.4) is 0 Å². The molecule has 0 aliphatic rings. The van der Waals surface area contributed by atoms with Crippen molar-refractivity contribution in [2.45, 2.75) is 25.6 Å². The number of nitrogens with one attached hydrogen (secondary N) is 1. The number of rotatable bonds is 6. The van der Waals surface area contributed by atoms with Crippen molar-refractivity contribution in [1.29, 1.82) is 0 Å². The van der Waals surface area contributed by atoms with Gasteiger partial charge in [0, 0.05) is 25.3 Å². The van der Waals surface area contributed by atoms with Crippen molar-refractivity contribution >= 4 is 5.91 Å². The molecule has 0 saturated carbocycles. The zero-order chi connectivity index (χ0) is 15.2. The number of hydrogen-bond acceptors (Lipinski definition) is 3. The first-order valence-electron chi connectivity index (χ1n) is 6.99. The maximum atomic E-state index is 12.2. The van der Waals surface area contributed by atoms with Crippen LogP contribution in [-0.4, -0.2) is 34.3 Å². The van der Waals surface area contributed by atoms with Gasteiger partial charge in [-0.25, -0.2) is 0 Å². The third kappa shape index (κ3) is 4.18. The fraction of sp³-hybridized carbons (Fsp3) is 0.312. The molecular formula is C16H21N3O2. The van der Waals surface area contributed by atoms with Gasteiger partial charge < -0.3 is 20.7 Å². The summed E-state index contributed by atoms with van der Waals surface area (Å²) in [6, 6.07) is 13.1. The molecule has 0 saturated heterocycles. The van der Waals surface area contributed by atoms with E-state index in [1.165, 1.54) is 0 Å². The standard InChI is InChI=1S/C16H21N3O2/c1-12(20)14(17)10-18-16(21)15-8-5-9-19(15)11-13-6-3-2-4-7-13/h2-9,12,14,20H,10-11,17H2,1H3,(H,18,21). The van der Waals surface area contributed by atoms with Gasteiger partial charge in [0.2, 0.25) is 0 Å². The van der Waals surface area contributed by atoms with E-state index in [1.807, 2.05) is 47.2 Å². The highest BCUT2D eigenvalue weighted by atomic mass is 16.3. The zero-order valence-electron chi connectivity index (χ0n) is 12.1. The van der Waals surface area contributed by atoms with E-state index in [4.69, 9.17) is 5.73 Å². The molecule has 4 N–H and O–H groups in total. The van der Waals surface area contributed by atoms with Crippen molar-refractivity contribution in [3.63, 3.8) is 0 Å². The van der Waals surface area contributed by atoms with E-state index < -0.39 is 12.1 Å². The smallest absolute Gasteiger partial charge is 0.267 e. The summed E-state index contributed by atoms with van der Waals surface area (Å²) in [7, 11) is 0. The Kier molecular flexibility index (Phi) is 5.14. The molecule has 2 unspecified atom stereocenters. The third-order valence-electron chi connectivity index (χ3n) is 3.38. The first-order valence-corrected chi connectivity index (χ1v) is 6.99. The van der Waals surface area contributed by atoms with Gasteiger partial charge in [-0.15, -0.1) is 0 Å². The molecule has 5 nitrogen and oxygen atoms in total. The van der Waals surface area contributed by atoms with Crippen LogP contribution in [0.2, 0.25) is 0 Å². The fourth-order valence-electron chi connectivity index (χ4n) is 2.01. The molecule has 0 fully saturated rings. The number of carbonyl (C=O) groups is 1. The van der Waals surface area contributed by atoms with Crippen LogP contribution >= 0.6 is 0 Å². The fourth-order valence-corrected chi connectivity index (χ4v) is 2.01. The molecule has 0 bridgehead atoms. The molecule has 1 amide bonds. The maximum Gasteiger partial charge on any atom is 0.267 e. The van der Waals surface area contributed by atoms with Gasteiger partial charge in [-0.2, -0.15) is 0 Å². The molecule has 112 valence electrons. The Morgan fingerprint density at radius 2 is 2.00 bits per heavy atom. The van der Waals surface area contributed by atoms with Crippen LogP contribution in [0.5, 0.6) is 0 Å². The van der Waals surface area contributed by atoms with E-state index >= 15 is 0 Å². The van der Waals surface area contributed by atoms with E-state index in [1.54, 1.807) is 13.0 Å². The van der Waals surface area contributed by atoms with Gasteiger partial charge in [0.25, 0.3) is 5.91 Å². The molecule has 1 aromatic carbocycles. The van der Waals surface area contributed by atoms with Crippen molar-refractivity contribution in [3.05, 3.63) is 59.9 Å². The predicted molar refractivity (Wildman–Crippen MR) is 82.0 cm³/mol. The molecule has 0 spiro atoms. The molecule has 5 heteroatoms. The van der Waals surface area contributed by atoms with Crippen LogP contribution in [0.1, 0.15) is 23.0 Å². The van der Waals surface area contributed by atoms with Gasteiger partial charge in [0.05, 0.1) is 6.10 Å². The molecule has 21 heavy (non-hydrogen) atoms. The Balaban J connectivity index is 2.01. The average molecular weight is 287 g/mol. The topological polar surface area (TPSA) is 80.3 Å². The van der Waals surface area contributed by atoms with Gasteiger partial charge in [-0.1, -0.05) is 30.3 Å². The van der Waals surface area contributed by atoms with Gasteiger partial charge in [0.15, 0.2) is 0 Å². The first-order chi connectivity index (χ1) is 10.1. The normalized spacial score (nSPS) is 13.7. The van der Waals surface area contributed by atoms with Gasteiger partial charge in [0.1, 0.15) is 5.69 Å². The number of carbonyl (C=O) groups excluding carboxylic acids is 1. The highest BCUT2D eigenvalue weighted by molar-refractivity contribution is 5.92. The Morgan fingerprint density at radius 1 is 1.29 bits per heavy atom. The molecule has 0 aliphatic heterocycles. The van der Waals surface area contributed by atoms with Gasteiger partial charge in [-0.05, 0) is 24.6 Å². The lowest BCUT2D eigenvalue weighted by atomic mass is 10.2. The van der Waals surface area contributed by atoms with Crippen LogP contribution < -0.4 is 11.1 Å². The Bertz CT molecular complexity index is 578. The first kappa shape index (κ1) is 15.3. The van der Waals surface area contributed by atoms with Crippen molar-refractivity contribution in [3.8, 4) is 0 Å². The highest BCUT2D eigenvalue weighted by Crippen LogP contribution is 2.08. The Hall–Kier alpha value is -2.11. The SMILES string of the molecule is CC(O)C(N)CNC(=O)c1cccn1Cc1ccccc1. The Morgan fingerprint density at radius 3 is 2.67 bits per heavy atom. The Labute approximate surface area is 124 Å². The number of amides is 1. The van der Waals surface area contributed by atoms with Gasteiger partial charge in [-0.3, -0.25) is 4.79 Å². The number of nitrogens with two attached hydrogens (primary N) is 1. The molecule has 2 atom stereocenters. The van der Waals surface area contributed by atoms with E-state index in [-0.39, 0.29) is 12.5 Å². The monoisotopic (exact) mass is 287 g/mol. The number of aliphatic hydroxyl groups is 1. The van der Waals surface area contributed by atoms with E-state index in [0.29, 0.717) is 12.2 Å². The van der Waals surface area contributed by atoms with Crippen LogP contribution in [0.25, 0.3) is 0 Å². The lowest BCUT2D eigenvalue weighted by Gasteiger charge is -2.16. The van der Waals surface area contributed by atoms with E-state index in [0.717, 1.165) is 5.56 Å². The second-order valence-electron chi connectivity index (χ2n) is 5.12. The molecule has 0 radical (unpaired) electrons. The summed E-state index contributed by atoms with van der Waals surface area (Å²) in [6.45, 7) is 2.49. The van der Waals surface area contributed by atoms with Crippen molar-refractivity contribution in [1.82, 2.24) is 9.88 Å². The summed E-state index contributed by atoms with van der Waals surface area (Å²) >= 11 is 0. The highest BCUT2D eigenvalue weighted by Gasteiger charge is 2.14. The predicted octanol–water partition coefficient (Wildman–Crippen LogP) is 0.974. The molecule has 0 aliphatic carbocycles. The summed E-state index contributed by atoms with van der Waals surface area (Å²) in [5, 5.41) is 12.1. The number of benzene rings is 1. The van der Waals surface area contributed by atoms with Crippen LogP contribution in [0.4, 0.5) is 0 Å². The van der Waals surface area contributed by atoms with Crippen molar-refractivity contribution < 1.29 is 9.90 Å². The van der Waals surface area contributed by atoms with Crippen LogP contribution in [0, 0.1) is 0 Å².